The second-order valence-electron chi connectivity index (χ2n) is 11.4. The van der Waals surface area contributed by atoms with Crippen molar-refractivity contribution in [3.05, 3.63) is 83.8 Å². The maximum atomic E-state index is 14.1. The van der Waals surface area contributed by atoms with E-state index in [-0.39, 0.29) is 23.8 Å². The maximum absolute atomic E-state index is 14.1. The molecule has 0 bridgehead atoms. The van der Waals surface area contributed by atoms with Crippen molar-refractivity contribution in [2.75, 3.05) is 57.9 Å². The van der Waals surface area contributed by atoms with Crippen LogP contribution in [0.4, 0.5) is 5.82 Å². The first kappa shape index (κ1) is 29.5. The molecule has 0 unspecified atom stereocenters. The number of aryl methyl sites for hydroxylation is 1. The highest BCUT2D eigenvalue weighted by Crippen LogP contribution is 2.38. The van der Waals surface area contributed by atoms with E-state index >= 15 is 0 Å². The summed E-state index contributed by atoms with van der Waals surface area (Å²) in [4.78, 5) is 41.8. The molecule has 0 radical (unpaired) electrons. The third-order valence-electron chi connectivity index (χ3n) is 8.46. The number of ether oxygens (including phenoxy) is 2. The number of nitrogens with zero attached hydrogens (tertiary/aromatic N) is 5. The van der Waals surface area contributed by atoms with Gasteiger partial charge in [0.1, 0.15) is 24.0 Å². The quantitative estimate of drug-likeness (QED) is 0.450. The third kappa shape index (κ3) is 7.26. The molecule has 9 heteroatoms. The highest BCUT2D eigenvalue weighted by Gasteiger charge is 2.37. The summed E-state index contributed by atoms with van der Waals surface area (Å²) in [6.07, 6.45) is 5.36. The predicted molar refractivity (Wildman–Crippen MR) is 161 cm³/mol. The van der Waals surface area contributed by atoms with Crippen molar-refractivity contribution in [1.29, 1.82) is 0 Å². The summed E-state index contributed by atoms with van der Waals surface area (Å²) in [6, 6.07) is 19.6. The molecular weight excluding hydrogens is 530 g/mol. The highest BCUT2D eigenvalue weighted by atomic mass is 16.5. The number of carbonyl (C=O) groups excluding carboxylic acids is 2. The Balaban J connectivity index is 1.45. The molecule has 2 aliphatic heterocycles. The molecule has 0 N–H and O–H groups in total. The number of hydrogen-bond acceptors (Lipinski definition) is 7. The molecule has 3 aromatic rings. The summed E-state index contributed by atoms with van der Waals surface area (Å²) < 4.78 is 11.6. The van der Waals surface area contributed by atoms with Gasteiger partial charge in [-0.15, -0.1) is 0 Å². The van der Waals surface area contributed by atoms with Crippen LogP contribution in [0.2, 0.25) is 0 Å². The largest absolute Gasteiger partial charge is 0.492 e. The van der Waals surface area contributed by atoms with Crippen LogP contribution in [0.25, 0.3) is 0 Å². The van der Waals surface area contributed by atoms with Gasteiger partial charge in [0, 0.05) is 58.0 Å². The van der Waals surface area contributed by atoms with Crippen molar-refractivity contribution in [3.63, 3.8) is 0 Å². The molecule has 2 amide bonds. The normalized spacial score (nSPS) is 18.0. The van der Waals surface area contributed by atoms with Gasteiger partial charge in [0.15, 0.2) is 0 Å². The predicted octanol–water partition coefficient (Wildman–Crippen LogP) is 4.36. The van der Waals surface area contributed by atoms with Crippen molar-refractivity contribution in [1.82, 2.24) is 19.8 Å². The van der Waals surface area contributed by atoms with Crippen LogP contribution in [0.1, 0.15) is 47.4 Å². The average Bonchev–Trinajstić information content (AvgIpc) is 3.02. The first-order valence-electron chi connectivity index (χ1n) is 14.8. The number of likely N-dealkylation sites (tertiary alicyclic amines) is 1. The first-order valence-corrected chi connectivity index (χ1v) is 14.8. The van der Waals surface area contributed by atoms with E-state index in [0.29, 0.717) is 50.6 Å². The number of anilines is 1. The van der Waals surface area contributed by atoms with E-state index in [9.17, 15) is 9.59 Å². The number of piperidine rings is 1. The molecule has 42 heavy (non-hydrogen) atoms. The number of aromatic nitrogens is 2. The summed E-state index contributed by atoms with van der Waals surface area (Å²) in [5, 5.41) is 0. The fourth-order valence-electron chi connectivity index (χ4n) is 5.99. The highest BCUT2D eigenvalue weighted by molar-refractivity contribution is 5.97. The lowest BCUT2D eigenvalue weighted by Crippen LogP contribution is -2.46. The molecular formula is C33H41N5O4. The van der Waals surface area contributed by atoms with Crippen LogP contribution in [0.5, 0.6) is 5.75 Å². The van der Waals surface area contributed by atoms with Crippen molar-refractivity contribution in [2.45, 2.75) is 39.2 Å². The van der Waals surface area contributed by atoms with Crippen LogP contribution >= 0.6 is 0 Å². The number of benzene rings is 2. The second kappa shape index (κ2) is 13.8. The van der Waals surface area contributed by atoms with Crippen LogP contribution in [0, 0.1) is 12.3 Å². The fraction of sp³-hybridized carbons (Fsp3) is 0.455. The topological polar surface area (TPSA) is 88.1 Å². The zero-order chi connectivity index (χ0) is 29.4. The Morgan fingerprint density at radius 1 is 0.952 bits per heavy atom. The van der Waals surface area contributed by atoms with Crippen LogP contribution < -0.4 is 9.64 Å². The number of rotatable bonds is 5. The minimum atomic E-state index is -0.106. The Morgan fingerprint density at radius 3 is 2.48 bits per heavy atom. The van der Waals surface area contributed by atoms with E-state index in [4.69, 9.17) is 14.5 Å². The van der Waals surface area contributed by atoms with E-state index in [1.165, 1.54) is 0 Å². The molecule has 5 rings (SSSR count). The van der Waals surface area contributed by atoms with Gasteiger partial charge in [0.2, 0.25) is 5.91 Å². The molecule has 1 fully saturated rings. The van der Waals surface area contributed by atoms with Crippen LogP contribution in [0.15, 0.2) is 66.9 Å². The monoisotopic (exact) mass is 571 g/mol. The van der Waals surface area contributed by atoms with E-state index in [1.807, 2.05) is 65.3 Å². The van der Waals surface area contributed by atoms with Gasteiger partial charge in [-0.3, -0.25) is 9.59 Å². The van der Waals surface area contributed by atoms with E-state index < -0.39 is 0 Å². The van der Waals surface area contributed by atoms with Gasteiger partial charge in [-0.05, 0) is 56.4 Å². The van der Waals surface area contributed by atoms with Crippen molar-refractivity contribution < 1.29 is 19.1 Å². The van der Waals surface area contributed by atoms with Gasteiger partial charge in [0.05, 0.1) is 12.2 Å². The van der Waals surface area contributed by atoms with Crippen LogP contribution in [-0.4, -0.2) is 84.6 Å². The molecule has 3 heterocycles. The lowest BCUT2D eigenvalue weighted by Gasteiger charge is -2.42. The number of fused-ring (bicyclic) bond motifs is 1. The van der Waals surface area contributed by atoms with Gasteiger partial charge < -0.3 is 24.2 Å². The van der Waals surface area contributed by atoms with Crippen molar-refractivity contribution in [3.8, 4) is 5.75 Å². The average molecular weight is 572 g/mol. The minimum absolute atomic E-state index is 0.0256. The smallest absolute Gasteiger partial charge is 0.257 e. The Morgan fingerprint density at radius 2 is 1.71 bits per heavy atom. The molecule has 0 saturated carbocycles. The molecule has 0 atom stereocenters. The first-order chi connectivity index (χ1) is 20.5. The Kier molecular flexibility index (Phi) is 9.69. The van der Waals surface area contributed by atoms with Crippen molar-refractivity contribution in [2.24, 2.45) is 5.41 Å². The second-order valence-corrected chi connectivity index (χ2v) is 11.4. The van der Waals surface area contributed by atoms with E-state index in [0.717, 1.165) is 49.4 Å². The molecule has 1 saturated heterocycles. The summed E-state index contributed by atoms with van der Waals surface area (Å²) in [5.74, 6) is 2.18. The Bertz CT molecular complexity index is 1340. The summed E-state index contributed by atoms with van der Waals surface area (Å²) in [5.41, 5.74) is 1.54. The number of methoxy groups -OCH3 is 1. The Labute approximate surface area is 248 Å². The summed E-state index contributed by atoms with van der Waals surface area (Å²) in [6.45, 7) is 6.32. The van der Waals surface area contributed by atoms with Crippen LogP contribution in [0.3, 0.4) is 0 Å². The molecule has 222 valence electrons. The SMILES string of the molecule is COCC(=O)N1CCC2(CCCN(c3ccnc(C)n3)CCN(Cc3ccccc3)C(=O)c3ccccc3OC2)CC1. The number of amides is 2. The van der Waals surface area contributed by atoms with Gasteiger partial charge in [-0.25, -0.2) is 9.97 Å². The summed E-state index contributed by atoms with van der Waals surface area (Å²) >= 11 is 0. The lowest BCUT2D eigenvalue weighted by atomic mass is 9.75. The van der Waals surface area contributed by atoms with Gasteiger partial charge in [-0.2, -0.15) is 0 Å². The molecule has 1 spiro atoms. The van der Waals surface area contributed by atoms with Gasteiger partial charge in [0.25, 0.3) is 5.91 Å². The number of carbonyl (C=O) groups is 2. The van der Waals surface area contributed by atoms with Gasteiger partial charge >= 0.3 is 0 Å². The van der Waals surface area contributed by atoms with Crippen molar-refractivity contribution >= 4 is 17.6 Å². The lowest BCUT2D eigenvalue weighted by molar-refractivity contribution is -0.138. The molecule has 2 aromatic carbocycles. The number of para-hydroxylation sites is 1. The fourth-order valence-corrected chi connectivity index (χ4v) is 5.99. The Hall–Kier alpha value is -3.98. The van der Waals surface area contributed by atoms with E-state index in [2.05, 4.69) is 22.0 Å². The molecule has 9 nitrogen and oxygen atoms in total. The zero-order valence-electron chi connectivity index (χ0n) is 24.7. The molecule has 0 aliphatic carbocycles. The summed E-state index contributed by atoms with van der Waals surface area (Å²) in [7, 11) is 1.55. The third-order valence-corrected chi connectivity index (χ3v) is 8.46. The minimum Gasteiger partial charge on any atom is -0.492 e. The van der Waals surface area contributed by atoms with Gasteiger partial charge in [-0.1, -0.05) is 42.5 Å². The maximum Gasteiger partial charge on any atom is 0.257 e. The number of hydrogen-bond donors (Lipinski definition) is 0. The van der Waals surface area contributed by atoms with Crippen LogP contribution in [-0.2, 0) is 16.1 Å². The standard InChI is InChI=1S/C33H41N5O4/c1-26-34-17-13-30(35-26)36-18-8-14-33(15-19-37(20-16-33)31(39)24-41-2)25-42-29-12-7-6-11-28(29)32(40)38(22-21-36)23-27-9-4-3-5-10-27/h3-7,9-13,17H,8,14-16,18-25H2,1-2H3. The zero-order valence-corrected chi connectivity index (χ0v) is 24.7. The van der Waals surface area contributed by atoms with E-state index in [1.54, 1.807) is 13.3 Å². The molecule has 2 aliphatic rings. The molecule has 1 aromatic heterocycles.